The van der Waals surface area contributed by atoms with Gasteiger partial charge in [-0.25, -0.2) is 4.79 Å². The summed E-state index contributed by atoms with van der Waals surface area (Å²) in [6, 6.07) is 15.6. The van der Waals surface area contributed by atoms with Gasteiger partial charge in [0.15, 0.2) is 6.61 Å². The summed E-state index contributed by atoms with van der Waals surface area (Å²) in [6.45, 7) is -0.133. The van der Waals surface area contributed by atoms with E-state index in [4.69, 9.17) is 32.4 Å². The van der Waals surface area contributed by atoms with Gasteiger partial charge in [0.05, 0.1) is 15.6 Å². The van der Waals surface area contributed by atoms with Gasteiger partial charge in [0.2, 0.25) is 0 Å². The molecule has 1 aromatic heterocycles. The maximum absolute atomic E-state index is 12.1. The lowest BCUT2D eigenvalue weighted by molar-refractivity contribution is 0.0903. The second-order valence-electron chi connectivity index (χ2n) is 5.40. The van der Waals surface area contributed by atoms with E-state index in [0.717, 1.165) is 10.0 Å². The Balaban J connectivity index is 1.58. The largest absolute Gasteiger partial charge is 0.457 e. The minimum Gasteiger partial charge on any atom is -0.457 e. The number of nitrogens with one attached hydrogen (secondary N) is 1. The third-order valence-electron chi connectivity index (χ3n) is 3.54. The molecule has 5 nitrogen and oxygen atoms in total. The lowest BCUT2D eigenvalue weighted by Gasteiger charge is -2.07. The maximum Gasteiger partial charge on any atom is 0.414 e. The highest BCUT2D eigenvalue weighted by atomic mass is 79.9. The van der Waals surface area contributed by atoms with E-state index >= 15 is 0 Å². The first-order chi connectivity index (χ1) is 12.9. The molecule has 2 aromatic carbocycles. The van der Waals surface area contributed by atoms with Crippen LogP contribution in [0.2, 0.25) is 10.0 Å². The average molecular weight is 469 g/mol. The Kier molecular flexibility index (Phi) is 6.21. The van der Waals surface area contributed by atoms with Gasteiger partial charge in [0.25, 0.3) is 5.91 Å². The molecule has 0 radical (unpaired) electrons. The molecule has 138 valence electrons. The number of imide groups is 1. The van der Waals surface area contributed by atoms with Gasteiger partial charge in [-0.3, -0.25) is 10.1 Å². The minimum absolute atomic E-state index is 0.00769. The highest BCUT2D eigenvalue weighted by Gasteiger charge is 2.18. The van der Waals surface area contributed by atoms with Gasteiger partial charge in [0, 0.05) is 10.0 Å². The fourth-order valence-corrected chi connectivity index (χ4v) is 3.10. The molecule has 0 aliphatic carbocycles. The van der Waals surface area contributed by atoms with E-state index in [1.54, 1.807) is 18.2 Å². The SMILES string of the molecule is O=C(NC(=O)c1c(Cl)cccc1Cl)OCc1ccc(-c2ccc(Br)cc2)o1. The molecule has 0 unspecified atom stereocenters. The van der Waals surface area contributed by atoms with Crippen LogP contribution in [0.4, 0.5) is 4.79 Å². The number of amides is 2. The normalized spacial score (nSPS) is 10.5. The zero-order chi connectivity index (χ0) is 19.4. The Hall–Kier alpha value is -2.28. The standard InChI is InChI=1S/C19H12BrCl2NO4/c20-12-6-4-11(5-7-12)16-9-8-13(27-16)10-26-19(25)23-18(24)17-14(21)2-1-3-15(17)22/h1-9H,10H2,(H,23,24,25). The summed E-state index contributed by atoms with van der Waals surface area (Å²) in [4.78, 5) is 24.0. The molecule has 27 heavy (non-hydrogen) atoms. The van der Waals surface area contributed by atoms with Crippen molar-refractivity contribution in [2.45, 2.75) is 6.61 Å². The number of carbonyl (C=O) groups is 2. The molecular formula is C19H12BrCl2NO4. The lowest BCUT2D eigenvalue weighted by Crippen LogP contribution is -2.31. The number of carbonyl (C=O) groups excluding carboxylic acids is 2. The van der Waals surface area contributed by atoms with Crippen molar-refractivity contribution < 1.29 is 18.7 Å². The second-order valence-corrected chi connectivity index (χ2v) is 7.13. The van der Waals surface area contributed by atoms with Gasteiger partial charge in [-0.2, -0.15) is 0 Å². The first-order valence-electron chi connectivity index (χ1n) is 7.71. The molecule has 2 amide bonds. The van der Waals surface area contributed by atoms with E-state index < -0.39 is 12.0 Å². The zero-order valence-corrected chi connectivity index (χ0v) is 16.8. The third kappa shape index (κ3) is 4.91. The maximum atomic E-state index is 12.1. The van der Waals surface area contributed by atoms with E-state index in [0.29, 0.717) is 11.5 Å². The topological polar surface area (TPSA) is 68.5 Å². The summed E-state index contributed by atoms with van der Waals surface area (Å²) >= 11 is 15.2. The summed E-state index contributed by atoms with van der Waals surface area (Å²) < 4.78 is 11.6. The number of hydrogen-bond donors (Lipinski definition) is 1. The van der Waals surface area contributed by atoms with Crippen molar-refractivity contribution in [3.8, 4) is 11.3 Å². The van der Waals surface area contributed by atoms with E-state index in [-0.39, 0.29) is 22.2 Å². The van der Waals surface area contributed by atoms with Crippen LogP contribution in [0.5, 0.6) is 0 Å². The monoisotopic (exact) mass is 467 g/mol. The Morgan fingerprint density at radius 1 is 1.00 bits per heavy atom. The number of ether oxygens (including phenoxy) is 1. The molecule has 0 atom stereocenters. The first-order valence-corrected chi connectivity index (χ1v) is 9.25. The van der Waals surface area contributed by atoms with Gasteiger partial charge in [0.1, 0.15) is 11.5 Å². The van der Waals surface area contributed by atoms with Gasteiger partial charge >= 0.3 is 6.09 Å². The second kappa shape index (κ2) is 8.61. The Morgan fingerprint density at radius 3 is 2.33 bits per heavy atom. The number of halogens is 3. The summed E-state index contributed by atoms with van der Waals surface area (Å²) in [6.07, 6.45) is -0.933. The molecule has 0 bridgehead atoms. The number of rotatable bonds is 4. The van der Waals surface area contributed by atoms with Gasteiger partial charge < -0.3 is 9.15 Å². The van der Waals surface area contributed by atoms with Crippen LogP contribution >= 0.6 is 39.1 Å². The van der Waals surface area contributed by atoms with Crippen LogP contribution in [0, 0.1) is 0 Å². The van der Waals surface area contributed by atoms with Crippen LogP contribution in [-0.2, 0) is 11.3 Å². The third-order valence-corrected chi connectivity index (χ3v) is 4.70. The van der Waals surface area contributed by atoms with Crippen molar-refractivity contribution in [2.24, 2.45) is 0 Å². The van der Waals surface area contributed by atoms with Crippen LogP contribution in [0.25, 0.3) is 11.3 Å². The van der Waals surface area contributed by atoms with Crippen LogP contribution in [0.3, 0.4) is 0 Å². The van der Waals surface area contributed by atoms with Crippen molar-refractivity contribution in [3.63, 3.8) is 0 Å². The average Bonchev–Trinajstić information content (AvgIpc) is 3.09. The van der Waals surface area contributed by atoms with E-state index in [9.17, 15) is 9.59 Å². The predicted octanol–water partition coefficient (Wildman–Crippen LogP) is 6.08. The smallest absolute Gasteiger partial charge is 0.414 e. The van der Waals surface area contributed by atoms with Crippen LogP contribution < -0.4 is 5.32 Å². The molecule has 0 fully saturated rings. The molecule has 1 heterocycles. The molecule has 3 aromatic rings. The lowest BCUT2D eigenvalue weighted by atomic mass is 10.2. The molecule has 3 rings (SSSR count). The molecule has 0 aliphatic heterocycles. The number of furan rings is 1. The first kappa shape index (κ1) is 19.5. The molecule has 0 saturated heterocycles. The van der Waals surface area contributed by atoms with Crippen LogP contribution in [-0.4, -0.2) is 12.0 Å². The highest BCUT2D eigenvalue weighted by molar-refractivity contribution is 9.10. The van der Waals surface area contributed by atoms with Crippen molar-refractivity contribution in [1.82, 2.24) is 5.32 Å². The minimum atomic E-state index is -0.933. The molecule has 1 N–H and O–H groups in total. The van der Waals surface area contributed by atoms with E-state index in [2.05, 4.69) is 21.2 Å². The van der Waals surface area contributed by atoms with Crippen molar-refractivity contribution in [2.75, 3.05) is 0 Å². The fraction of sp³-hybridized carbons (Fsp3) is 0.0526. The van der Waals surface area contributed by atoms with Crippen molar-refractivity contribution in [3.05, 3.63) is 80.4 Å². The number of hydrogen-bond acceptors (Lipinski definition) is 4. The summed E-state index contributed by atoms with van der Waals surface area (Å²) in [5.74, 6) is 0.331. The quantitative estimate of drug-likeness (QED) is 0.503. The van der Waals surface area contributed by atoms with Crippen LogP contribution in [0.15, 0.2) is 63.5 Å². The number of benzene rings is 2. The Bertz CT molecular complexity index is 965. The van der Waals surface area contributed by atoms with Crippen molar-refractivity contribution >= 4 is 51.1 Å². The summed E-state index contributed by atoms with van der Waals surface area (Å²) in [7, 11) is 0. The van der Waals surface area contributed by atoms with Gasteiger partial charge in [-0.15, -0.1) is 0 Å². The molecule has 0 saturated carbocycles. The van der Waals surface area contributed by atoms with E-state index in [1.807, 2.05) is 24.3 Å². The van der Waals surface area contributed by atoms with Gasteiger partial charge in [-0.1, -0.05) is 57.3 Å². The Morgan fingerprint density at radius 2 is 1.67 bits per heavy atom. The molecule has 8 heteroatoms. The van der Waals surface area contributed by atoms with Crippen LogP contribution in [0.1, 0.15) is 16.1 Å². The van der Waals surface area contributed by atoms with E-state index in [1.165, 1.54) is 12.1 Å². The summed E-state index contributed by atoms with van der Waals surface area (Å²) in [5, 5.41) is 2.35. The number of alkyl carbamates (subject to hydrolysis) is 1. The molecule has 0 aliphatic rings. The Labute approximate surface area is 173 Å². The van der Waals surface area contributed by atoms with Crippen molar-refractivity contribution in [1.29, 1.82) is 0 Å². The predicted molar refractivity (Wildman–Crippen MR) is 106 cm³/mol. The molecule has 0 spiro atoms. The fourth-order valence-electron chi connectivity index (χ4n) is 2.27. The van der Waals surface area contributed by atoms with Gasteiger partial charge in [-0.05, 0) is 36.4 Å². The summed E-state index contributed by atoms with van der Waals surface area (Å²) in [5.41, 5.74) is 0.894. The molecular weight excluding hydrogens is 457 g/mol. The highest BCUT2D eigenvalue weighted by Crippen LogP contribution is 2.25. The zero-order valence-electron chi connectivity index (χ0n) is 13.7.